The van der Waals surface area contributed by atoms with Crippen LogP contribution in [-0.4, -0.2) is 30.2 Å². The maximum Gasteiger partial charge on any atom is 0.337 e. The summed E-state index contributed by atoms with van der Waals surface area (Å²) in [7, 11) is 0. The molecule has 6 nitrogen and oxygen atoms in total. The van der Waals surface area contributed by atoms with Crippen molar-refractivity contribution in [3.8, 4) is 22.5 Å². The van der Waals surface area contributed by atoms with Crippen molar-refractivity contribution in [2.24, 2.45) is 0 Å². The summed E-state index contributed by atoms with van der Waals surface area (Å²) in [5.41, 5.74) is 9.37. The van der Waals surface area contributed by atoms with Gasteiger partial charge in [-0.15, -0.1) is 0 Å². The molecule has 4 aromatic carbocycles. The normalized spacial score (nSPS) is 11.4. The predicted molar refractivity (Wildman–Crippen MR) is 138 cm³/mol. The topological polar surface area (TPSA) is 72.9 Å². The molecule has 0 saturated carbocycles. The number of imidazole rings is 2. The molecule has 6 aromatic rings. The molecular weight excluding hydrogens is 436 g/mol. The van der Waals surface area contributed by atoms with Gasteiger partial charge in [0.15, 0.2) is 0 Å². The minimum atomic E-state index is -0.985. The van der Waals surface area contributed by atoms with Crippen LogP contribution >= 0.6 is 0 Å². The number of fused-ring (bicyclic) bond motifs is 2. The van der Waals surface area contributed by atoms with Crippen LogP contribution in [0.3, 0.4) is 0 Å². The molecule has 0 spiro atoms. The van der Waals surface area contributed by atoms with Crippen LogP contribution < -0.4 is 0 Å². The molecule has 0 bridgehead atoms. The summed E-state index contributed by atoms with van der Waals surface area (Å²) in [5, 5.41) is 9.75. The highest BCUT2D eigenvalue weighted by atomic mass is 16.4. The van der Waals surface area contributed by atoms with Gasteiger partial charge >= 0.3 is 5.97 Å². The highest BCUT2D eigenvalue weighted by Gasteiger charge is 2.18. The fraction of sp³-hybridized carbons (Fsp3) is 0.0690. The van der Waals surface area contributed by atoms with Gasteiger partial charge in [-0.1, -0.05) is 42.5 Å². The van der Waals surface area contributed by atoms with Crippen molar-refractivity contribution in [1.82, 2.24) is 19.1 Å². The van der Waals surface area contributed by atoms with Crippen LogP contribution in [0.4, 0.5) is 0 Å². The lowest BCUT2D eigenvalue weighted by atomic mass is 10.0. The van der Waals surface area contributed by atoms with E-state index in [9.17, 15) is 9.90 Å². The van der Waals surface area contributed by atoms with Gasteiger partial charge in [0.05, 0.1) is 27.8 Å². The first kappa shape index (κ1) is 20.9. The quantitative estimate of drug-likeness (QED) is 0.334. The number of nitrogens with zero attached hydrogens (tertiary/aromatic N) is 4. The number of carboxylic acid groups (broad SMARTS) is 1. The second-order valence-electron chi connectivity index (χ2n) is 8.77. The van der Waals surface area contributed by atoms with Crippen LogP contribution in [0, 0.1) is 13.8 Å². The Bertz CT molecular complexity index is 1750. The van der Waals surface area contributed by atoms with Crippen LogP contribution in [0.15, 0.2) is 91.5 Å². The number of aromatic nitrogens is 4. The maximum atomic E-state index is 11.9. The van der Waals surface area contributed by atoms with Crippen LogP contribution in [0.5, 0.6) is 0 Å². The third-order valence-electron chi connectivity index (χ3n) is 6.33. The van der Waals surface area contributed by atoms with Crippen LogP contribution in [0.25, 0.3) is 44.6 Å². The zero-order valence-corrected chi connectivity index (χ0v) is 19.3. The molecule has 2 aromatic heterocycles. The average molecular weight is 459 g/mol. The average Bonchev–Trinajstić information content (AvgIpc) is 3.47. The van der Waals surface area contributed by atoms with Gasteiger partial charge in [-0.3, -0.25) is 9.13 Å². The van der Waals surface area contributed by atoms with E-state index in [0.717, 1.165) is 50.2 Å². The Balaban J connectivity index is 1.64. The third-order valence-corrected chi connectivity index (χ3v) is 6.33. The van der Waals surface area contributed by atoms with Crippen molar-refractivity contribution in [2.45, 2.75) is 13.8 Å². The summed E-state index contributed by atoms with van der Waals surface area (Å²) in [6, 6.07) is 26.3. The molecule has 0 aliphatic carbocycles. The van der Waals surface area contributed by atoms with Gasteiger partial charge < -0.3 is 5.11 Å². The fourth-order valence-corrected chi connectivity index (χ4v) is 4.67. The Morgan fingerprint density at radius 1 is 0.771 bits per heavy atom. The highest BCUT2D eigenvalue weighted by molar-refractivity contribution is 6.02. The fourth-order valence-electron chi connectivity index (χ4n) is 4.67. The van der Waals surface area contributed by atoms with E-state index in [1.807, 2.05) is 48.1 Å². The molecule has 0 aliphatic rings. The first-order valence-electron chi connectivity index (χ1n) is 11.3. The molecule has 0 atom stereocenters. The molecule has 6 rings (SSSR count). The second-order valence-corrected chi connectivity index (χ2v) is 8.77. The summed E-state index contributed by atoms with van der Waals surface area (Å²) in [5.74, 6) is -0.985. The van der Waals surface area contributed by atoms with Gasteiger partial charge in [0.25, 0.3) is 0 Å². The number of benzene rings is 4. The van der Waals surface area contributed by atoms with Gasteiger partial charge in [-0.2, -0.15) is 0 Å². The Morgan fingerprint density at radius 2 is 1.54 bits per heavy atom. The first-order valence-corrected chi connectivity index (χ1v) is 11.3. The van der Waals surface area contributed by atoms with E-state index < -0.39 is 5.97 Å². The van der Waals surface area contributed by atoms with Crippen molar-refractivity contribution in [3.63, 3.8) is 0 Å². The second kappa shape index (κ2) is 7.95. The molecule has 0 aliphatic heterocycles. The van der Waals surface area contributed by atoms with Crippen molar-refractivity contribution < 1.29 is 9.90 Å². The predicted octanol–water partition coefficient (Wildman–Crippen LogP) is 6.35. The number of aromatic carboxylic acids is 1. The van der Waals surface area contributed by atoms with Gasteiger partial charge in [-0.25, -0.2) is 14.8 Å². The lowest BCUT2D eigenvalue weighted by Gasteiger charge is -2.15. The van der Waals surface area contributed by atoms with Crippen molar-refractivity contribution in [1.29, 1.82) is 0 Å². The standard InChI is InChI=1S/C29H22N4O2/c1-18-8-11-24-26(13-18)32(16-30-24)21-9-10-22(20-6-4-3-5-7-20)25(15-21)33-17-31-28-23(29(34)35)12-19(2)14-27(28)33/h3-17H,1-2H3,(H,34,35). The Morgan fingerprint density at radius 3 is 2.34 bits per heavy atom. The van der Waals surface area contributed by atoms with Gasteiger partial charge in [0.2, 0.25) is 0 Å². The molecule has 0 unspecified atom stereocenters. The third kappa shape index (κ3) is 3.47. The van der Waals surface area contributed by atoms with E-state index >= 15 is 0 Å². The van der Waals surface area contributed by atoms with Crippen molar-refractivity contribution >= 4 is 28.0 Å². The maximum absolute atomic E-state index is 11.9. The van der Waals surface area contributed by atoms with Gasteiger partial charge in [-0.05, 0) is 66.9 Å². The summed E-state index contributed by atoms with van der Waals surface area (Å²) in [6.07, 6.45) is 3.54. The minimum Gasteiger partial charge on any atom is -0.478 e. The van der Waals surface area contributed by atoms with Crippen LogP contribution in [-0.2, 0) is 0 Å². The Kier molecular flexibility index (Phi) is 4.74. The van der Waals surface area contributed by atoms with E-state index in [2.05, 4.69) is 63.9 Å². The molecule has 35 heavy (non-hydrogen) atoms. The van der Waals surface area contributed by atoms with Crippen LogP contribution in [0.1, 0.15) is 21.5 Å². The molecule has 170 valence electrons. The SMILES string of the molecule is Cc1ccc2ncn(-c3ccc(-c4ccccc4)c(-n4cnc5c(C(=O)O)cc(C)cc54)c3)c2c1. The number of carboxylic acids is 1. The number of aryl methyl sites for hydroxylation is 2. The molecule has 1 N–H and O–H groups in total. The van der Waals surface area contributed by atoms with E-state index in [0.29, 0.717) is 5.52 Å². The number of hydrogen-bond donors (Lipinski definition) is 1. The highest BCUT2D eigenvalue weighted by Crippen LogP contribution is 2.33. The monoisotopic (exact) mass is 458 g/mol. The van der Waals surface area contributed by atoms with E-state index in [1.54, 1.807) is 12.4 Å². The molecule has 2 heterocycles. The molecule has 0 saturated heterocycles. The van der Waals surface area contributed by atoms with E-state index in [4.69, 9.17) is 0 Å². The zero-order valence-electron chi connectivity index (χ0n) is 19.3. The number of hydrogen-bond acceptors (Lipinski definition) is 3. The summed E-state index contributed by atoms with van der Waals surface area (Å²) < 4.78 is 4.05. The van der Waals surface area contributed by atoms with E-state index in [-0.39, 0.29) is 5.56 Å². The minimum absolute atomic E-state index is 0.201. The molecule has 6 heteroatoms. The van der Waals surface area contributed by atoms with Crippen molar-refractivity contribution in [2.75, 3.05) is 0 Å². The lowest BCUT2D eigenvalue weighted by Crippen LogP contribution is -2.01. The molecule has 0 radical (unpaired) electrons. The lowest BCUT2D eigenvalue weighted by molar-refractivity contribution is 0.0698. The zero-order chi connectivity index (χ0) is 24.1. The number of rotatable bonds is 4. The first-order chi connectivity index (χ1) is 17.0. The number of carbonyl (C=O) groups is 1. The van der Waals surface area contributed by atoms with Gasteiger partial charge in [0, 0.05) is 11.3 Å². The molecular formula is C29H22N4O2. The Hall–Kier alpha value is -4.71. The summed E-state index contributed by atoms with van der Waals surface area (Å²) in [4.78, 5) is 21.0. The molecule has 0 amide bonds. The largest absolute Gasteiger partial charge is 0.478 e. The van der Waals surface area contributed by atoms with Gasteiger partial charge in [0.1, 0.15) is 18.2 Å². The smallest absolute Gasteiger partial charge is 0.337 e. The van der Waals surface area contributed by atoms with Crippen LogP contribution in [0.2, 0.25) is 0 Å². The van der Waals surface area contributed by atoms with Crippen molar-refractivity contribution in [3.05, 3.63) is 108 Å². The molecule has 0 fully saturated rings. The Labute approximate surface area is 201 Å². The summed E-state index contributed by atoms with van der Waals surface area (Å²) >= 11 is 0. The summed E-state index contributed by atoms with van der Waals surface area (Å²) in [6.45, 7) is 3.97. The van der Waals surface area contributed by atoms with E-state index in [1.165, 1.54) is 0 Å².